The van der Waals surface area contributed by atoms with E-state index in [1.807, 2.05) is 0 Å². The van der Waals surface area contributed by atoms with Crippen LogP contribution in [-0.4, -0.2) is 5.11 Å². The summed E-state index contributed by atoms with van der Waals surface area (Å²) >= 11 is 6.03. The Morgan fingerprint density at radius 3 is 2.78 bits per heavy atom. The van der Waals surface area contributed by atoms with Crippen molar-refractivity contribution in [2.45, 2.75) is 45.1 Å². The standard InChI is InChI=1S/C15H20ClFO/c1-2-10-5-3-4-6-12(10)15(18)13-8-7-11(17)9-14(13)16/h7-10,12,15,18H,2-6H2,1H3. The van der Waals surface area contributed by atoms with Gasteiger partial charge in [-0.3, -0.25) is 0 Å². The molecule has 2 rings (SSSR count). The molecule has 18 heavy (non-hydrogen) atoms. The van der Waals surface area contributed by atoms with Crippen LogP contribution in [0.1, 0.15) is 50.7 Å². The van der Waals surface area contributed by atoms with Crippen molar-refractivity contribution in [2.75, 3.05) is 0 Å². The van der Waals surface area contributed by atoms with Crippen LogP contribution >= 0.6 is 11.6 Å². The maximum absolute atomic E-state index is 13.0. The molecule has 0 heterocycles. The molecular formula is C15H20ClFO. The molecule has 0 bridgehead atoms. The Labute approximate surface area is 113 Å². The van der Waals surface area contributed by atoms with E-state index in [4.69, 9.17) is 11.6 Å². The fourth-order valence-electron chi connectivity index (χ4n) is 3.13. The van der Waals surface area contributed by atoms with Gasteiger partial charge in [0.05, 0.1) is 6.10 Å². The van der Waals surface area contributed by atoms with Crippen LogP contribution in [0.25, 0.3) is 0 Å². The largest absolute Gasteiger partial charge is 0.388 e. The molecule has 1 aliphatic rings. The van der Waals surface area contributed by atoms with Crippen molar-refractivity contribution in [3.8, 4) is 0 Å². The molecule has 3 heteroatoms. The summed E-state index contributed by atoms with van der Waals surface area (Å²) in [6.07, 6.45) is 5.14. The molecule has 3 unspecified atom stereocenters. The van der Waals surface area contributed by atoms with Crippen LogP contribution < -0.4 is 0 Å². The van der Waals surface area contributed by atoms with Crippen LogP contribution in [0.5, 0.6) is 0 Å². The highest BCUT2D eigenvalue weighted by Gasteiger charge is 2.31. The van der Waals surface area contributed by atoms with Crippen LogP contribution in [0.2, 0.25) is 5.02 Å². The first kappa shape index (κ1) is 13.8. The van der Waals surface area contributed by atoms with Crippen LogP contribution in [0.4, 0.5) is 4.39 Å². The van der Waals surface area contributed by atoms with Gasteiger partial charge in [-0.05, 0) is 36.0 Å². The van der Waals surface area contributed by atoms with Crippen molar-refractivity contribution in [1.29, 1.82) is 0 Å². The minimum atomic E-state index is -0.566. The van der Waals surface area contributed by atoms with Crippen molar-refractivity contribution >= 4 is 11.6 Å². The third-order valence-electron chi connectivity index (χ3n) is 4.18. The lowest BCUT2D eigenvalue weighted by Gasteiger charge is -2.34. The van der Waals surface area contributed by atoms with Crippen molar-refractivity contribution < 1.29 is 9.50 Å². The Hall–Kier alpha value is -0.600. The van der Waals surface area contributed by atoms with Gasteiger partial charge in [0.1, 0.15) is 5.82 Å². The number of hydrogen-bond acceptors (Lipinski definition) is 1. The number of aliphatic hydroxyl groups is 1. The average Bonchev–Trinajstić information content (AvgIpc) is 2.38. The first-order chi connectivity index (χ1) is 8.63. The molecule has 0 spiro atoms. The zero-order valence-electron chi connectivity index (χ0n) is 10.7. The van der Waals surface area contributed by atoms with E-state index in [1.165, 1.54) is 25.0 Å². The van der Waals surface area contributed by atoms with Gasteiger partial charge in [-0.15, -0.1) is 0 Å². The monoisotopic (exact) mass is 270 g/mol. The lowest BCUT2D eigenvalue weighted by atomic mass is 9.73. The highest BCUT2D eigenvalue weighted by Crippen LogP contribution is 2.41. The SMILES string of the molecule is CCC1CCCCC1C(O)c1ccc(F)cc1Cl. The first-order valence-electron chi connectivity index (χ1n) is 6.76. The molecule has 0 radical (unpaired) electrons. The van der Waals surface area contributed by atoms with Gasteiger partial charge in [0.2, 0.25) is 0 Å². The van der Waals surface area contributed by atoms with Crippen LogP contribution in [0.15, 0.2) is 18.2 Å². The summed E-state index contributed by atoms with van der Waals surface area (Å²) in [4.78, 5) is 0. The van der Waals surface area contributed by atoms with Crippen LogP contribution in [0, 0.1) is 17.7 Å². The number of rotatable bonds is 3. The van der Waals surface area contributed by atoms with Gasteiger partial charge in [-0.1, -0.05) is 50.3 Å². The minimum absolute atomic E-state index is 0.256. The van der Waals surface area contributed by atoms with Crippen molar-refractivity contribution in [3.63, 3.8) is 0 Å². The molecule has 100 valence electrons. The summed E-state index contributed by atoms with van der Waals surface area (Å²) in [6.45, 7) is 2.17. The molecule has 3 atom stereocenters. The Morgan fingerprint density at radius 2 is 2.11 bits per heavy atom. The summed E-state index contributed by atoms with van der Waals surface area (Å²) in [5.74, 6) is 0.452. The molecule has 1 aliphatic carbocycles. The number of aliphatic hydroxyl groups excluding tert-OH is 1. The van der Waals surface area contributed by atoms with Crippen molar-refractivity contribution in [1.82, 2.24) is 0 Å². The van der Waals surface area contributed by atoms with E-state index in [-0.39, 0.29) is 11.7 Å². The van der Waals surface area contributed by atoms with E-state index < -0.39 is 6.10 Å². The second kappa shape index (κ2) is 6.03. The number of halogens is 2. The molecule has 1 aromatic carbocycles. The molecule has 0 aliphatic heterocycles. The molecule has 1 aromatic rings. The summed E-state index contributed by atoms with van der Waals surface area (Å²) < 4.78 is 13.0. The molecular weight excluding hydrogens is 251 g/mol. The zero-order valence-corrected chi connectivity index (χ0v) is 11.5. The normalized spacial score (nSPS) is 26.0. The van der Waals surface area contributed by atoms with Gasteiger partial charge >= 0.3 is 0 Å². The molecule has 1 nitrogen and oxygen atoms in total. The van der Waals surface area contributed by atoms with Gasteiger partial charge in [0, 0.05) is 5.02 Å². The minimum Gasteiger partial charge on any atom is -0.388 e. The van der Waals surface area contributed by atoms with Gasteiger partial charge in [0.15, 0.2) is 0 Å². The zero-order chi connectivity index (χ0) is 13.1. The predicted octanol–water partition coefficient (Wildman–Crippen LogP) is 4.73. The van der Waals surface area contributed by atoms with E-state index in [1.54, 1.807) is 6.07 Å². The van der Waals surface area contributed by atoms with Crippen molar-refractivity contribution in [2.24, 2.45) is 11.8 Å². The van der Waals surface area contributed by atoms with Crippen LogP contribution in [-0.2, 0) is 0 Å². The Bertz CT molecular complexity index is 407. The fourth-order valence-corrected chi connectivity index (χ4v) is 3.41. The Kier molecular flexibility index (Phi) is 4.63. The van der Waals surface area contributed by atoms with Gasteiger partial charge in [-0.2, -0.15) is 0 Å². The summed E-state index contributed by atoms with van der Waals surface area (Å²) in [5, 5.41) is 10.8. The van der Waals surface area contributed by atoms with E-state index in [2.05, 4.69) is 6.92 Å². The van der Waals surface area contributed by atoms with Gasteiger partial charge in [-0.25, -0.2) is 4.39 Å². The second-order valence-corrected chi connectivity index (χ2v) is 5.63. The summed E-state index contributed by atoms with van der Waals surface area (Å²) in [7, 11) is 0. The van der Waals surface area contributed by atoms with Crippen LogP contribution in [0.3, 0.4) is 0 Å². The topological polar surface area (TPSA) is 20.2 Å². The maximum atomic E-state index is 13.0. The highest BCUT2D eigenvalue weighted by molar-refractivity contribution is 6.31. The highest BCUT2D eigenvalue weighted by atomic mass is 35.5. The summed E-state index contributed by atoms with van der Waals surface area (Å²) in [5.41, 5.74) is 0.670. The molecule has 0 saturated heterocycles. The van der Waals surface area contributed by atoms with Crippen molar-refractivity contribution in [3.05, 3.63) is 34.6 Å². The number of benzene rings is 1. The van der Waals surface area contributed by atoms with E-state index in [0.29, 0.717) is 16.5 Å². The van der Waals surface area contributed by atoms with Gasteiger partial charge < -0.3 is 5.11 Å². The van der Waals surface area contributed by atoms with E-state index >= 15 is 0 Å². The molecule has 1 fully saturated rings. The number of hydrogen-bond donors (Lipinski definition) is 1. The fraction of sp³-hybridized carbons (Fsp3) is 0.600. The average molecular weight is 271 g/mol. The Balaban J connectivity index is 2.20. The van der Waals surface area contributed by atoms with E-state index in [9.17, 15) is 9.50 Å². The summed E-state index contributed by atoms with van der Waals surface area (Å²) in [6, 6.07) is 4.27. The predicted molar refractivity (Wildman–Crippen MR) is 72.1 cm³/mol. The lowest BCUT2D eigenvalue weighted by Crippen LogP contribution is -2.25. The van der Waals surface area contributed by atoms with E-state index in [0.717, 1.165) is 19.3 Å². The molecule has 1 N–H and O–H groups in total. The molecule has 0 aromatic heterocycles. The van der Waals surface area contributed by atoms with Gasteiger partial charge in [0.25, 0.3) is 0 Å². The lowest BCUT2D eigenvalue weighted by molar-refractivity contribution is 0.0452. The third-order valence-corrected chi connectivity index (χ3v) is 4.51. The first-order valence-corrected chi connectivity index (χ1v) is 7.14. The quantitative estimate of drug-likeness (QED) is 0.842. The second-order valence-electron chi connectivity index (χ2n) is 5.23. The molecule has 0 amide bonds. The maximum Gasteiger partial charge on any atom is 0.124 e. The Morgan fingerprint density at radius 1 is 1.39 bits per heavy atom. The molecule has 1 saturated carbocycles. The smallest absolute Gasteiger partial charge is 0.124 e. The third kappa shape index (κ3) is 2.86.